The predicted molar refractivity (Wildman–Crippen MR) is 108 cm³/mol. The van der Waals surface area contributed by atoms with E-state index in [1.54, 1.807) is 0 Å². The number of ether oxygens (including phenoxy) is 1. The summed E-state index contributed by atoms with van der Waals surface area (Å²) < 4.78 is 6.40. The zero-order valence-corrected chi connectivity index (χ0v) is 16.7. The highest BCUT2D eigenvalue weighted by Gasteiger charge is 2.24. The van der Waals surface area contributed by atoms with E-state index in [0.29, 0.717) is 0 Å². The van der Waals surface area contributed by atoms with Gasteiger partial charge in [0.15, 0.2) is 0 Å². The normalized spacial score (nSPS) is 21.1. The van der Waals surface area contributed by atoms with Crippen LogP contribution in [-0.2, 0) is 11.2 Å². The quantitative estimate of drug-likeness (QED) is 0.773. The largest absolute Gasteiger partial charge is 0.372 e. The summed E-state index contributed by atoms with van der Waals surface area (Å²) in [5, 5.41) is 0.781. The van der Waals surface area contributed by atoms with Crippen molar-refractivity contribution < 1.29 is 4.74 Å². The summed E-state index contributed by atoms with van der Waals surface area (Å²) in [4.78, 5) is 7.46. The van der Waals surface area contributed by atoms with E-state index in [1.807, 2.05) is 17.8 Å². The van der Waals surface area contributed by atoms with Gasteiger partial charge in [0.2, 0.25) is 0 Å². The minimum absolute atomic E-state index is 0.0623. The van der Waals surface area contributed by atoms with Gasteiger partial charge in [0, 0.05) is 54.0 Å². The number of nitrogens with zero attached hydrogens (tertiary/aromatic N) is 2. The molecule has 3 nitrogen and oxygen atoms in total. The average Bonchev–Trinajstić information content (AvgIpc) is 2.80. The van der Waals surface area contributed by atoms with E-state index in [0.717, 1.165) is 50.8 Å². The van der Waals surface area contributed by atoms with Crippen LogP contribution >= 0.6 is 23.4 Å². The fourth-order valence-corrected chi connectivity index (χ4v) is 4.90. The molecule has 1 atom stereocenters. The standard InChI is InChI=1S/C21H25ClN2OS/c1-23-8-10-24(11-9-23)12-13-25-19-14-16-4-2-3-5-20(16)26-21-7-6-17(22)15-18(19)21/h2-7,15,19H,8-14H2,1H3. The number of piperazine rings is 1. The Balaban J connectivity index is 1.48. The lowest BCUT2D eigenvalue weighted by Gasteiger charge is -2.32. The summed E-state index contributed by atoms with van der Waals surface area (Å²) in [6, 6.07) is 14.8. The summed E-state index contributed by atoms with van der Waals surface area (Å²) in [7, 11) is 2.19. The number of hydrogen-bond donors (Lipinski definition) is 0. The minimum Gasteiger partial charge on any atom is -0.372 e. The van der Waals surface area contributed by atoms with Crippen LogP contribution < -0.4 is 0 Å². The highest BCUT2D eigenvalue weighted by Crippen LogP contribution is 2.42. The Labute approximate surface area is 165 Å². The maximum atomic E-state index is 6.40. The van der Waals surface area contributed by atoms with Gasteiger partial charge >= 0.3 is 0 Å². The molecule has 1 fully saturated rings. The van der Waals surface area contributed by atoms with Crippen molar-refractivity contribution in [3.8, 4) is 0 Å². The summed E-state index contributed by atoms with van der Waals surface area (Å²) in [5.74, 6) is 0. The molecule has 2 aromatic carbocycles. The topological polar surface area (TPSA) is 15.7 Å². The summed E-state index contributed by atoms with van der Waals surface area (Å²) in [5.41, 5.74) is 2.58. The van der Waals surface area contributed by atoms with E-state index in [-0.39, 0.29) is 6.10 Å². The number of halogens is 1. The molecular weight excluding hydrogens is 364 g/mol. The number of rotatable bonds is 4. The van der Waals surface area contributed by atoms with Gasteiger partial charge in [0.25, 0.3) is 0 Å². The van der Waals surface area contributed by atoms with Crippen LogP contribution in [0.15, 0.2) is 52.3 Å². The fourth-order valence-electron chi connectivity index (χ4n) is 3.61. The van der Waals surface area contributed by atoms with Gasteiger partial charge in [-0.05, 0) is 42.4 Å². The van der Waals surface area contributed by atoms with Crippen molar-refractivity contribution >= 4 is 23.4 Å². The Kier molecular flexibility index (Phi) is 5.87. The number of likely N-dealkylation sites (N-methyl/N-ethyl adjacent to an activating group) is 1. The summed E-state index contributed by atoms with van der Waals surface area (Å²) in [6.07, 6.45) is 0.964. The van der Waals surface area contributed by atoms with Crippen LogP contribution in [0.4, 0.5) is 0 Å². The Morgan fingerprint density at radius 1 is 1.08 bits per heavy atom. The van der Waals surface area contributed by atoms with Crippen molar-refractivity contribution in [2.45, 2.75) is 22.3 Å². The lowest BCUT2D eigenvalue weighted by atomic mass is 10.0. The Hall–Kier alpha value is -1.04. The Bertz CT molecular complexity index is 761. The molecule has 0 N–H and O–H groups in total. The van der Waals surface area contributed by atoms with Crippen LogP contribution in [-0.4, -0.2) is 56.2 Å². The molecule has 2 aliphatic rings. The molecule has 1 unspecified atom stereocenters. The molecule has 1 saturated heterocycles. The van der Waals surface area contributed by atoms with E-state index in [9.17, 15) is 0 Å². The zero-order chi connectivity index (χ0) is 17.9. The van der Waals surface area contributed by atoms with Crippen molar-refractivity contribution in [2.75, 3.05) is 46.4 Å². The first-order valence-corrected chi connectivity index (χ1v) is 10.5. The number of hydrogen-bond acceptors (Lipinski definition) is 4. The molecular formula is C21H25ClN2OS. The molecule has 0 aliphatic carbocycles. The van der Waals surface area contributed by atoms with Gasteiger partial charge in [0.1, 0.15) is 0 Å². The second-order valence-corrected chi connectivity index (χ2v) is 8.62. The maximum absolute atomic E-state index is 6.40. The first kappa shape index (κ1) is 18.3. The van der Waals surface area contributed by atoms with Crippen LogP contribution in [0.5, 0.6) is 0 Å². The smallest absolute Gasteiger partial charge is 0.0877 e. The predicted octanol–water partition coefficient (Wildman–Crippen LogP) is 4.35. The van der Waals surface area contributed by atoms with E-state index in [2.05, 4.69) is 53.2 Å². The van der Waals surface area contributed by atoms with Gasteiger partial charge < -0.3 is 9.64 Å². The fraction of sp³-hybridized carbons (Fsp3) is 0.429. The monoisotopic (exact) mass is 388 g/mol. The molecule has 138 valence electrons. The van der Waals surface area contributed by atoms with Crippen LogP contribution in [0.3, 0.4) is 0 Å². The SMILES string of the molecule is CN1CCN(CCOC2Cc3ccccc3Sc3ccc(Cl)cc32)CC1. The van der Waals surface area contributed by atoms with Gasteiger partial charge in [-0.3, -0.25) is 4.90 Å². The molecule has 2 heterocycles. The highest BCUT2D eigenvalue weighted by atomic mass is 35.5. The van der Waals surface area contributed by atoms with Gasteiger partial charge in [-0.2, -0.15) is 0 Å². The van der Waals surface area contributed by atoms with Gasteiger partial charge in [-0.25, -0.2) is 0 Å². The number of benzene rings is 2. The maximum Gasteiger partial charge on any atom is 0.0877 e. The molecule has 0 amide bonds. The molecule has 0 aromatic heterocycles. The summed E-state index contributed by atoms with van der Waals surface area (Å²) >= 11 is 8.12. The molecule has 4 rings (SSSR count). The van der Waals surface area contributed by atoms with E-state index < -0.39 is 0 Å². The number of fused-ring (bicyclic) bond motifs is 2. The third kappa shape index (κ3) is 4.26. The second kappa shape index (κ2) is 8.32. The van der Waals surface area contributed by atoms with Crippen molar-refractivity contribution in [3.63, 3.8) is 0 Å². The van der Waals surface area contributed by atoms with Crippen LogP contribution in [0.2, 0.25) is 5.02 Å². The van der Waals surface area contributed by atoms with Crippen LogP contribution in [0.25, 0.3) is 0 Å². The van der Waals surface area contributed by atoms with Gasteiger partial charge in [-0.1, -0.05) is 41.6 Å². The van der Waals surface area contributed by atoms with Crippen molar-refractivity contribution in [3.05, 3.63) is 58.6 Å². The van der Waals surface area contributed by atoms with Crippen molar-refractivity contribution in [1.29, 1.82) is 0 Å². The first-order valence-electron chi connectivity index (χ1n) is 9.27. The van der Waals surface area contributed by atoms with Crippen molar-refractivity contribution in [2.24, 2.45) is 0 Å². The van der Waals surface area contributed by atoms with E-state index in [1.165, 1.54) is 20.9 Å². The molecule has 0 spiro atoms. The van der Waals surface area contributed by atoms with Crippen LogP contribution in [0.1, 0.15) is 17.2 Å². The molecule has 2 aliphatic heterocycles. The van der Waals surface area contributed by atoms with E-state index >= 15 is 0 Å². The Morgan fingerprint density at radius 3 is 2.73 bits per heavy atom. The lowest BCUT2D eigenvalue weighted by Crippen LogP contribution is -2.45. The highest BCUT2D eigenvalue weighted by molar-refractivity contribution is 7.99. The molecule has 5 heteroatoms. The van der Waals surface area contributed by atoms with Crippen molar-refractivity contribution in [1.82, 2.24) is 9.80 Å². The zero-order valence-electron chi connectivity index (χ0n) is 15.2. The molecule has 2 aromatic rings. The average molecular weight is 389 g/mol. The van der Waals surface area contributed by atoms with Gasteiger partial charge in [-0.15, -0.1) is 0 Å². The summed E-state index contributed by atoms with van der Waals surface area (Å²) in [6.45, 7) is 6.30. The molecule has 0 bridgehead atoms. The third-order valence-corrected chi connectivity index (χ3v) is 6.68. The minimum atomic E-state index is 0.0623. The molecule has 26 heavy (non-hydrogen) atoms. The molecule has 0 radical (unpaired) electrons. The second-order valence-electron chi connectivity index (χ2n) is 7.10. The van der Waals surface area contributed by atoms with Crippen LogP contribution in [0, 0.1) is 0 Å². The third-order valence-electron chi connectivity index (χ3n) is 5.24. The molecule has 0 saturated carbocycles. The Morgan fingerprint density at radius 2 is 1.88 bits per heavy atom. The van der Waals surface area contributed by atoms with E-state index in [4.69, 9.17) is 16.3 Å². The van der Waals surface area contributed by atoms with Gasteiger partial charge in [0.05, 0.1) is 12.7 Å². The first-order chi connectivity index (χ1) is 12.7. The lowest BCUT2D eigenvalue weighted by molar-refractivity contribution is 0.0274.